The van der Waals surface area contributed by atoms with Crippen LogP contribution in [0.1, 0.15) is 71.1 Å². The van der Waals surface area contributed by atoms with E-state index in [-0.39, 0.29) is 23.6 Å². The molecule has 38 heavy (non-hydrogen) atoms. The summed E-state index contributed by atoms with van der Waals surface area (Å²) < 4.78 is 33.1. The average molecular weight is 519 g/mol. The summed E-state index contributed by atoms with van der Waals surface area (Å²) in [7, 11) is 0. The first kappa shape index (κ1) is 23.2. The number of ether oxygens (including phenoxy) is 1. The van der Waals surface area contributed by atoms with Gasteiger partial charge in [0.15, 0.2) is 0 Å². The van der Waals surface area contributed by atoms with Crippen molar-refractivity contribution in [3.8, 4) is 16.9 Å². The van der Waals surface area contributed by atoms with Crippen molar-refractivity contribution in [3.05, 3.63) is 77.1 Å². The Balaban J connectivity index is 1.31. The van der Waals surface area contributed by atoms with Crippen molar-refractivity contribution in [1.29, 1.82) is 0 Å². The van der Waals surface area contributed by atoms with Gasteiger partial charge in [0.05, 0.1) is 28.4 Å². The van der Waals surface area contributed by atoms with Gasteiger partial charge in [-0.2, -0.15) is 13.9 Å². The number of carbonyl (C=O) groups excluding carboxylic acids is 1. The molecule has 2 atom stereocenters. The normalized spacial score (nSPS) is 27.5. The van der Waals surface area contributed by atoms with Crippen molar-refractivity contribution >= 4 is 11.4 Å². The predicted molar refractivity (Wildman–Crippen MR) is 132 cm³/mol. The van der Waals surface area contributed by atoms with Gasteiger partial charge in [0.25, 0.3) is 5.91 Å². The maximum absolute atomic E-state index is 13.3. The number of hydrogen-bond donors (Lipinski definition) is 3. The smallest absolute Gasteiger partial charge is 0.387 e. The van der Waals surface area contributed by atoms with E-state index in [0.717, 1.165) is 22.2 Å². The SMILES string of the molecule is CC1(O)CC(N)(c2ncc(-c3ccn4nc5c(c4c3)[C@@H]3C[C@H]5NC(=O)c4cccc(OC(F)F)c43)cn2)C1. The first-order valence-corrected chi connectivity index (χ1v) is 12.4. The molecule has 2 aliphatic carbocycles. The number of rotatable bonds is 4. The molecule has 194 valence electrons. The van der Waals surface area contributed by atoms with Crippen LogP contribution in [0.2, 0.25) is 0 Å². The minimum Gasteiger partial charge on any atom is -0.434 e. The summed E-state index contributed by atoms with van der Waals surface area (Å²) in [5.41, 5.74) is 9.61. The highest BCUT2D eigenvalue weighted by Crippen LogP contribution is 2.51. The van der Waals surface area contributed by atoms with Crippen LogP contribution in [0.15, 0.2) is 48.9 Å². The molecule has 0 spiro atoms. The number of nitrogens with one attached hydrogen (secondary N) is 1. The van der Waals surface area contributed by atoms with Gasteiger partial charge in [-0.15, -0.1) is 0 Å². The quantitative estimate of drug-likeness (QED) is 0.378. The molecule has 4 N–H and O–H groups in total. The number of fused-ring (bicyclic) bond motifs is 9. The standard InChI is InChI=1S/C27H24F2N6O3/c1-26(37)11-27(30,12-26)24-31-9-14(10-32-24)13-5-6-35-18(7-13)21-16-8-17(22(21)34-35)33-23(36)15-3-2-4-19(20(15)16)38-25(28)29/h2-7,9-10,16-17,25,37H,8,11-12,30H2,1H3,(H,33,36)/t16-,17-,26?,27?/m1/s1. The van der Waals surface area contributed by atoms with Crippen LogP contribution in [-0.4, -0.2) is 42.8 Å². The van der Waals surface area contributed by atoms with E-state index < -0.39 is 17.8 Å². The van der Waals surface area contributed by atoms with E-state index in [1.54, 1.807) is 36.0 Å². The molecule has 1 aliphatic heterocycles. The number of benzene rings is 1. The van der Waals surface area contributed by atoms with Gasteiger partial charge in [-0.25, -0.2) is 14.5 Å². The van der Waals surface area contributed by atoms with Crippen LogP contribution >= 0.6 is 0 Å². The molecule has 1 saturated carbocycles. The number of alkyl halides is 2. The van der Waals surface area contributed by atoms with Crippen molar-refractivity contribution in [2.45, 2.75) is 55.9 Å². The Hall–Kier alpha value is -3.96. The van der Waals surface area contributed by atoms with Gasteiger partial charge in [0.2, 0.25) is 0 Å². The number of aliphatic hydroxyl groups is 1. The van der Waals surface area contributed by atoms with E-state index in [1.165, 1.54) is 6.07 Å². The summed E-state index contributed by atoms with van der Waals surface area (Å²) in [4.78, 5) is 21.9. The van der Waals surface area contributed by atoms with Crippen molar-refractivity contribution in [2.24, 2.45) is 5.73 Å². The molecule has 3 aliphatic rings. The van der Waals surface area contributed by atoms with Crippen molar-refractivity contribution < 1.29 is 23.4 Å². The zero-order valence-electron chi connectivity index (χ0n) is 20.4. The molecule has 11 heteroatoms. The van der Waals surface area contributed by atoms with Crippen LogP contribution in [0.25, 0.3) is 16.6 Å². The summed E-state index contributed by atoms with van der Waals surface area (Å²) in [6.45, 7) is -1.27. The maximum atomic E-state index is 13.3. The summed E-state index contributed by atoms with van der Waals surface area (Å²) in [5, 5.41) is 17.8. The second-order valence-corrected chi connectivity index (χ2v) is 10.8. The van der Waals surface area contributed by atoms with E-state index in [1.807, 2.05) is 18.3 Å². The molecule has 9 nitrogen and oxygen atoms in total. The summed E-state index contributed by atoms with van der Waals surface area (Å²) in [6, 6.07) is 8.15. The molecule has 1 aromatic carbocycles. The lowest BCUT2D eigenvalue weighted by atomic mass is 9.66. The number of aromatic nitrogens is 4. The summed E-state index contributed by atoms with van der Waals surface area (Å²) >= 11 is 0. The Morgan fingerprint density at radius 3 is 2.66 bits per heavy atom. The zero-order valence-corrected chi connectivity index (χ0v) is 20.4. The molecule has 4 aromatic rings. The van der Waals surface area contributed by atoms with Gasteiger partial charge in [-0.05, 0) is 43.2 Å². The van der Waals surface area contributed by atoms with E-state index in [0.29, 0.717) is 41.9 Å². The topological polar surface area (TPSA) is 128 Å². The van der Waals surface area contributed by atoms with Gasteiger partial charge < -0.3 is 20.9 Å². The first-order chi connectivity index (χ1) is 18.1. The van der Waals surface area contributed by atoms with Crippen molar-refractivity contribution in [1.82, 2.24) is 24.9 Å². The lowest BCUT2D eigenvalue weighted by molar-refractivity contribution is -0.0769. The van der Waals surface area contributed by atoms with Crippen LogP contribution < -0.4 is 15.8 Å². The fourth-order valence-electron chi connectivity index (χ4n) is 6.47. The minimum atomic E-state index is -3.01. The Bertz CT molecular complexity index is 1610. The number of nitrogens with zero attached hydrogens (tertiary/aromatic N) is 4. The molecular formula is C27H24F2N6O3. The number of carbonyl (C=O) groups is 1. The van der Waals surface area contributed by atoms with E-state index in [9.17, 15) is 18.7 Å². The van der Waals surface area contributed by atoms with E-state index >= 15 is 0 Å². The molecular weight excluding hydrogens is 494 g/mol. The molecule has 1 amide bonds. The molecule has 0 radical (unpaired) electrons. The first-order valence-electron chi connectivity index (χ1n) is 12.4. The van der Waals surface area contributed by atoms with E-state index in [4.69, 9.17) is 15.6 Å². The van der Waals surface area contributed by atoms with Gasteiger partial charge in [0.1, 0.15) is 11.6 Å². The predicted octanol–water partition coefficient (Wildman–Crippen LogP) is 3.41. The maximum Gasteiger partial charge on any atom is 0.387 e. The van der Waals surface area contributed by atoms with Crippen LogP contribution in [0.4, 0.5) is 8.78 Å². The molecule has 2 bridgehead atoms. The van der Waals surface area contributed by atoms with Crippen LogP contribution in [-0.2, 0) is 5.54 Å². The second-order valence-electron chi connectivity index (χ2n) is 10.8. The van der Waals surface area contributed by atoms with Crippen LogP contribution in [0.5, 0.6) is 5.75 Å². The van der Waals surface area contributed by atoms with Crippen molar-refractivity contribution in [2.75, 3.05) is 0 Å². The largest absolute Gasteiger partial charge is 0.434 e. The third-order valence-electron chi connectivity index (χ3n) is 7.86. The lowest BCUT2D eigenvalue weighted by Crippen LogP contribution is -2.59. The molecule has 1 fully saturated rings. The highest BCUT2D eigenvalue weighted by molar-refractivity contribution is 5.98. The highest BCUT2D eigenvalue weighted by atomic mass is 19.3. The molecule has 7 rings (SSSR count). The number of hydrogen-bond acceptors (Lipinski definition) is 7. The molecule has 0 unspecified atom stereocenters. The Morgan fingerprint density at radius 1 is 1.18 bits per heavy atom. The lowest BCUT2D eigenvalue weighted by Gasteiger charge is -2.48. The summed E-state index contributed by atoms with van der Waals surface area (Å²) in [6.07, 6.45) is 6.53. The number of amides is 1. The van der Waals surface area contributed by atoms with Gasteiger partial charge in [0, 0.05) is 59.6 Å². The molecule has 0 saturated heterocycles. The number of halogens is 2. The Kier molecular flexibility index (Phi) is 4.74. The molecule has 4 heterocycles. The Labute approximate surface area is 215 Å². The summed E-state index contributed by atoms with van der Waals surface area (Å²) in [5.74, 6) is -0.202. The van der Waals surface area contributed by atoms with Crippen LogP contribution in [0, 0.1) is 0 Å². The van der Waals surface area contributed by atoms with Gasteiger partial charge in [-0.3, -0.25) is 4.79 Å². The average Bonchev–Trinajstić information content (AvgIpc) is 3.34. The number of pyridine rings is 1. The highest BCUT2D eigenvalue weighted by Gasteiger charge is 2.51. The molecule has 3 aromatic heterocycles. The van der Waals surface area contributed by atoms with Gasteiger partial charge >= 0.3 is 6.61 Å². The third-order valence-corrected chi connectivity index (χ3v) is 7.86. The van der Waals surface area contributed by atoms with Crippen LogP contribution in [0.3, 0.4) is 0 Å². The van der Waals surface area contributed by atoms with Gasteiger partial charge in [-0.1, -0.05) is 6.07 Å². The van der Waals surface area contributed by atoms with E-state index in [2.05, 4.69) is 15.3 Å². The second kappa shape index (κ2) is 7.78. The Morgan fingerprint density at radius 2 is 1.95 bits per heavy atom. The zero-order chi connectivity index (χ0) is 26.4. The fraction of sp³-hybridized carbons (Fsp3) is 0.333. The van der Waals surface area contributed by atoms with Crippen molar-refractivity contribution in [3.63, 3.8) is 0 Å². The minimum absolute atomic E-state index is 0.00340. The third kappa shape index (κ3) is 3.42. The fourth-order valence-corrected chi connectivity index (χ4v) is 6.47. The monoisotopic (exact) mass is 518 g/mol. The number of nitrogens with two attached hydrogens (primary N) is 1.